The Labute approximate surface area is 127 Å². The fraction of sp³-hybridized carbons (Fsp3) is 0.400. The topological polar surface area (TPSA) is 94.4 Å². The summed E-state index contributed by atoms with van der Waals surface area (Å²) >= 11 is 0. The third kappa shape index (κ3) is 2.88. The highest BCUT2D eigenvalue weighted by molar-refractivity contribution is 5.76. The van der Waals surface area contributed by atoms with Gasteiger partial charge in [0.15, 0.2) is 5.76 Å². The molecule has 3 heterocycles. The molecule has 2 N–H and O–H groups in total. The normalized spacial score (nSPS) is 15.0. The van der Waals surface area contributed by atoms with E-state index in [2.05, 4.69) is 5.10 Å². The van der Waals surface area contributed by atoms with Crippen LogP contribution in [0, 0.1) is 0 Å². The SMILES string of the molecule is Nc1cc(-c2ccco2)nn(CC(=O)N2CCCCC2)c1=O. The van der Waals surface area contributed by atoms with Gasteiger partial charge < -0.3 is 15.1 Å². The largest absolute Gasteiger partial charge is 0.463 e. The second-order valence-corrected chi connectivity index (χ2v) is 5.37. The second kappa shape index (κ2) is 6.05. The number of carbonyl (C=O) groups excluding carboxylic acids is 1. The van der Waals surface area contributed by atoms with Gasteiger partial charge in [-0.3, -0.25) is 9.59 Å². The molecule has 1 fully saturated rings. The number of piperidine rings is 1. The molecule has 0 radical (unpaired) electrons. The molecule has 1 saturated heterocycles. The molecule has 0 bridgehead atoms. The summed E-state index contributed by atoms with van der Waals surface area (Å²) < 4.78 is 6.38. The van der Waals surface area contributed by atoms with Crippen LogP contribution in [0.3, 0.4) is 0 Å². The molecule has 0 aromatic carbocycles. The number of hydrogen-bond donors (Lipinski definition) is 1. The molecule has 0 aliphatic carbocycles. The third-order valence-corrected chi connectivity index (χ3v) is 3.77. The predicted molar refractivity (Wildman–Crippen MR) is 81.0 cm³/mol. The van der Waals surface area contributed by atoms with Crippen molar-refractivity contribution in [1.82, 2.24) is 14.7 Å². The molecule has 3 rings (SSSR count). The zero-order chi connectivity index (χ0) is 15.5. The molecule has 1 amide bonds. The van der Waals surface area contributed by atoms with Crippen LogP contribution >= 0.6 is 0 Å². The van der Waals surface area contributed by atoms with Gasteiger partial charge in [-0.05, 0) is 37.5 Å². The Hall–Kier alpha value is -2.57. The van der Waals surface area contributed by atoms with Crippen LogP contribution in [0.1, 0.15) is 19.3 Å². The minimum atomic E-state index is -0.458. The van der Waals surface area contributed by atoms with E-state index in [9.17, 15) is 9.59 Å². The maximum absolute atomic E-state index is 12.3. The predicted octanol–water partition coefficient (Wildman–Crippen LogP) is 1.10. The monoisotopic (exact) mass is 302 g/mol. The average molecular weight is 302 g/mol. The number of nitrogen functional groups attached to an aromatic ring is 1. The molecule has 1 aliphatic rings. The Morgan fingerprint density at radius 3 is 2.77 bits per heavy atom. The van der Waals surface area contributed by atoms with Crippen molar-refractivity contribution >= 4 is 11.6 Å². The summed E-state index contributed by atoms with van der Waals surface area (Å²) in [6, 6.07) is 4.91. The van der Waals surface area contributed by atoms with Gasteiger partial charge in [0.2, 0.25) is 5.91 Å². The first-order valence-corrected chi connectivity index (χ1v) is 7.34. The summed E-state index contributed by atoms with van der Waals surface area (Å²) in [6.07, 6.45) is 4.66. The van der Waals surface area contributed by atoms with Gasteiger partial charge in [-0.15, -0.1) is 0 Å². The van der Waals surface area contributed by atoms with E-state index >= 15 is 0 Å². The highest BCUT2D eigenvalue weighted by Crippen LogP contribution is 2.17. The van der Waals surface area contributed by atoms with Crippen molar-refractivity contribution in [1.29, 1.82) is 0 Å². The lowest BCUT2D eigenvalue weighted by Gasteiger charge is -2.26. The minimum absolute atomic E-state index is 0.0489. The van der Waals surface area contributed by atoms with Gasteiger partial charge in [0.05, 0.1) is 6.26 Å². The lowest BCUT2D eigenvalue weighted by molar-refractivity contribution is -0.133. The van der Waals surface area contributed by atoms with Crippen LogP contribution in [0.25, 0.3) is 11.5 Å². The highest BCUT2D eigenvalue weighted by Gasteiger charge is 2.19. The van der Waals surface area contributed by atoms with E-state index in [1.54, 1.807) is 17.0 Å². The van der Waals surface area contributed by atoms with Crippen LogP contribution in [0.15, 0.2) is 33.7 Å². The van der Waals surface area contributed by atoms with Crippen molar-refractivity contribution in [2.45, 2.75) is 25.8 Å². The Kier molecular flexibility index (Phi) is 3.95. The van der Waals surface area contributed by atoms with E-state index in [0.717, 1.165) is 37.0 Å². The quantitative estimate of drug-likeness (QED) is 0.916. The van der Waals surface area contributed by atoms with E-state index in [0.29, 0.717) is 11.5 Å². The number of aromatic nitrogens is 2. The second-order valence-electron chi connectivity index (χ2n) is 5.37. The molecule has 22 heavy (non-hydrogen) atoms. The van der Waals surface area contributed by atoms with Crippen LogP contribution in [-0.2, 0) is 11.3 Å². The molecule has 2 aromatic heterocycles. The molecule has 0 unspecified atom stereocenters. The molecule has 0 atom stereocenters. The maximum Gasteiger partial charge on any atom is 0.290 e. The van der Waals surface area contributed by atoms with Crippen LogP contribution in [0.5, 0.6) is 0 Å². The number of carbonyl (C=O) groups is 1. The minimum Gasteiger partial charge on any atom is -0.463 e. The Bertz CT molecular complexity index is 715. The smallest absolute Gasteiger partial charge is 0.290 e. The fourth-order valence-electron chi connectivity index (χ4n) is 2.59. The van der Waals surface area contributed by atoms with Crippen LogP contribution in [0.4, 0.5) is 5.69 Å². The van der Waals surface area contributed by atoms with Crippen molar-refractivity contribution in [2.24, 2.45) is 0 Å². The highest BCUT2D eigenvalue weighted by atomic mass is 16.3. The summed E-state index contributed by atoms with van der Waals surface area (Å²) in [4.78, 5) is 26.1. The maximum atomic E-state index is 12.3. The molecule has 116 valence electrons. The number of likely N-dealkylation sites (tertiary alicyclic amines) is 1. The number of rotatable bonds is 3. The van der Waals surface area contributed by atoms with Crippen LogP contribution < -0.4 is 11.3 Å². The first-order chi connectivity index (χ1) is 10.6. The Morgan fingerprint density at radius 1 is 1.32 bits per heavy atom. The van der Waals surface area contributed by atoms with Gasteiger partial charge in [-0.2, -0.15) is 5.10 Å². The molecular formula is C15H18N4O3. The number of amides is 1. The standard InChI is InChI=1S/C15H18N4O3/c16-11-9-12(13-5-4-8-22-13)17-19(15(11)21)10-14(20)18-6-2-1-3-7-18/h4-5,8-9H,1-3,6-7,10,16H2. The lowest BCUT2D eigenvalue weighted by Crippen LogP contribution is -2.40. The number of nitrogens with zero attached hydrogens (tertiary/aromatic N) is 3. The van der Waals surface area contributed by atoms with E-state index < -0.39 is 5.56 Å². The van der Waals surface area contributed by atoms with Gasteiger partial charge in [-0.1, -0.05) is 0 Å². The zero-order valence-corrected chi connectivity index (χ0v) is 12.2. The fourth-order valence-corrected chi connectivity index (χ4v) is 2.59. The summed E-state index contributed by atoms with van der Waals surface area (Å²) in [6.45, 7) is 1.37. The van der Waals surface area contributed by atoms with E-state index in [-0.39, 0.29) is 18.1 Å². The van der Waals surface area contributed by atoms with E-state index in [4.69, 9.17) is 10.2 Å². The first-order valence-electron chi connectivity index (χ1n) is 7.34. The summed E-state index contributed by atoms with van der Waals surface area (Å²) in [5.41, 5.74) is 5.77. The van der Waals surface area contributed by atoms with Crippen molar-refractivity contribution < 1.29 is 9.21 Å². The molecule has 7 nitrogen and oxygen atoms in total. The van der Waals surface area contributed by atoms with Crippen molar-refractivity contribution in [3.63, 3.8) is 0 Å². The van der Waals surface area contributed by atoms with Gasteiger partial charge in [0.1, 0.15) is 17.9 Å². The van der Waals surface area contributed by atoms with Gasteiger partial charge in [0, 0.05) is 13.1 Å². The summed E-state index contributed by atoms with van der Waals surface area (Å²) in [5.74, 6) is 0.399. The van der Waals surface area contributed by atoms with E-state index in [1.807, 2.05) is 0 Å². The summed E-state index contributed by atoms with van der Waals surface area (Å²) in [5, 5.41) is 4.19. The van der Waals surface area contributed by atoms with Crippen LogP contribution in [-0.4, -0.2) is 33.7 Å². The van der Waals surface area contributed by atoms with Crippen LogP contribution in [0.2, 0.25) is 0 Å². The number of furan rings is 1. The molecule has 1 aliphatic heterocycles. The molecular weight excluding hydrogens is 284 g/mol. The molecule has 2 aromatic rings. The van der Waals surface area contributed by atoms with Crippen molar-refractivity contribution in [3.8, 4) is 11.5 Å². The number of anilines is 1. The van der Waals surface area contributed by atoms with E-state index in [1.165, 1.54) is 12.3 Å². The van der Waals surface area contributed by atoms with Gasteiger partial charge in [-0.25, -0.2) is 4.68 Å². The molecule has 0 spiro atoms. The Balaban J connectivity index is 1.86. The van der Waals surface area contributed by atoms with Crippen molar-refractivity contribution in [3.05, 3.63) is 34.8 Å². The average Bonchev–Trinajstić information content (AvgIpc) is 3.07. The van der Waals surface area contributed by atoms with Gasteiger partial charge in [0.25, 0.3) is 5.56 Å². The number of nitrogens with two attached hydrogens (primary N) is 1. The van der Waals surface area contributed by atoms with Gasteiger partial charge >= 0.3 is 0 Å². The Morgan fingerprint density at radius 2 is 2.09 bits per heavy atom. The van der Waals surface area contributed by atoms with Crippen molar-refractivity contribution in [2.75, 3.05) is 18.8 Å². The summed E-state index contributed by atoms with van der Waals surface area (Å²) in [7, 11) is 0. The molecule has 7 heteroatoms. The first kappa shape index (κ1) is 14.4. The number of hydrogen-bond acceptors (Lipinski definition) is 5. The lowest BCUT2D eigenvalue weighted by atomic mass is 10.1. The molecule has 0 saturated carbocycles. The third-order valence-electron chi connectivity index (χ3n) is 3.77. The zero-order valence-electron chi connectivity index (χ0n) is 12.2.